The molecular formula is C25H20F3NO4. The smallest absolute Gasteiger partial charge is 0.416 e. The van der Waals surface area contributed by atoms with Crippen molar-refractivity contribution in [3.05, 3.63) is 88.9 Å². The van der Waals surface area contributed by atoms with Gasteiger partial charge in [0.2, 0.25) is 5.91 Å². The van der Waals surface area contributed by atoms with E-state index in [1.807, 2.05) is 24.3 Å². The SMILES string of the molecule is O=C1N(Cc2ccccc2C(F)(F)F)c2ccccc2C12COC1C=C3OCCOC3=CC12. The molecule has 0 aromatic heterocycles. The predicted octanol–water partition coefficient (Wildman–Crippen LogP) is 4.33. The fourth-order valence-electron chi connectivity index (χ4n) is 5.39. The molecule has 2 saturated heterocycles. The van der Waals surface area contributed by atoms with E-state index in [0.717, 1.165) is 11.6 Å². The number of para-hydroxylation sites is 1. The summed E-state index contributed by atoms with van der Waals surface area (Å²) in [6, 6.07) is 12.6. The number of anilines is 1. The minimum atomic E-state index is -4.51. The zero-order valence-corrected chi connectivity index (χ0v) is 17.5. The van der Waals surface area contributed by atoms with Gasteiger partial charge in [0.15, 0.2) is 11.5 Å². The van der Waals surface area contributed by atoms with Gasteiger partial charge in [-0.05, 0) is 35.4 Å². The maximum Gasteiger partial charge on any atom is 0.416 e. The van der Waals surface area contributed by atoms with Crippen LogP contribution in [0.3, 0.4) is 0 Å². The number of hydrogen-bond acceptors (Lipinski definition) is 4. The molecule has 0 saturated carbocycles. The number of ether oxygens (including phenoxy) is 3. The summed E-state index contributed by atoms with van der Waals surface area (Å²) in [4.78, 5) is 15.5. The first kappa shape index (κ1) is 20.4. The number of carbonyl (C=O) groups is 1. The topological polar surface area (TPSA) is 48.0 Å². The van der Waals surface area contributed by atoms with Crippen LogP contribution in [-0.4, -0.2) is 31.8 Å². The molecule has 3 heterocycles. The molecule has 3 atom stereocenters. The van der Waals surface area contributed by atoms with Crippen molar-refractivity contribution in [2.24, 2.45) is 5.92 Å². The Morgan fingerprint density at radius 3 is 2.45 bits per heavy atom. The maximum atomic E-state index is 14.0. The first-order valence-electron chi connectivity index (χ1n) is 10.8. The third-order valence-corrected chi connectivity index (χ3v) is 6.87. The quantitative estimate of drug-likeness (QED) is 0.677. The van der Waals surface area contributed by atoms with Crippen LogP contribution >= 0.6 is 0 Å². The second-order valence-electron chi connectivity index (χ2n) is 8.59. The number of nitrogens with zero attached hydrogens (tertiary/aromatic N) is 1. The second kappa shape index (κ2) is 7.12. The van der Waals surface area contributed by atoms with Gasteiger partial charge in [0.05, 0.1) is 24.8 Å². The fourth-order valence-corrected chi connectivity index (χ4v) is 5.39. The third kappa shape index (κ3) is 2.93. The molecule has 2 aromatic carbocycles. The van der Waals surface area contributed by atoms with Crippen LogP contribution in [0, 0.1) is 5.92 Å². The van der Waals surface area contributed by atoms with Gasteiger partial charge in [-0.25, -0.2) is 0 Å². The number of amides is 1. The van der Waals surface area contributed by atoms with E-state index < -0.39 is 17.2 Å². The Balaban J connectivity index is 1.43. The van der Waals surface area contributed by atoms with E-state index in [9.17, 15) is 18.0 Å². The molecule has 0 N–H and O–H groups in total. The van der Waals surface area contributed by atoms with Crippen molar-refractivity contribution in [3.8, 4) is 0 Å². The molecule has 170 valence electrons. The molecule has 4 aliphatic rings. The highest BCUT2D eigenvalue weighted by Crippen LogP contribution is 2.54. The zero-order valence-electron chi connectivity index (χ0n) is 17.5. The van der Waals surface area contributed by atoms with Gasteiger partial charge in [-0.1, -0.05) is 36.4 Å². The molecular weight excluding hydrogens is 435 g/mol. The van der Waals surface area contributed by atoms with E-state index in [1.54, 1.807) is 18.2 Å². The van der Waals surface area contributed by atoms with Crippen molar-refractivity contribution >= 4 is 11.6 Å². The van der Waals surface area contributed by atoms with Crippen LogP contribution in [0.25, 0.3) is 0 Å². The third-order valence-electron chi connectivity index (χ3n) is 6.87. The van der Waals surface area contributed by atoms with Gasteiger partial charge < -0.3 is 19.1 Å². The highest BCUT2D eigenvalue weighted by atomic mass is 19.4. The summed E-state index contributed by atoms with van der Waals surface area (Å²) in [5.41, 5.74) is -0.356. The number of carbonyl (C=O) groups excluding carboxylic acids is 1. The van der Waals surface area contributed by atoms with E-state index in [4.69, 9.17) is 14.2 Å². The molecule has 1 amide bonds. The molecule has 0 radical (unpaired) electrons. The highest BCUT2D eigenvalue weighted by molar-refractivity contribution is 6.09. The minimum Gasteiger partial charge on any atom is -0.486 e. The molecule has 6 rings (SSSR count). The molecule has 0 bridgehead atoms. The van der Waals surface area contributed by atoms with Crippen LogP contribution < -0.4 is 4.90 Å². The number of halogens is 3. The van der Waals surface area contributed by atoms with Crippen LogP contribution in [0.2, 0.25) is 0 Å². The van der Waals surface area contributed by atoms with Crippen LogP contribution in [0.5, 0.6) is 0 Å². The van der Waals surface area contributed by atoms with Crippen LogP contribution in [0.4, 0.5) is 18.9 Å². The first-order valence-corrected chi connectivity index (χ1v) is 10.8. The Labute approximate surface area is 188 Å². The Morgan fingerprint density at radius 2 is 1.67 bits per heavy atom. The van der Waals surface area contributed by atoms with Gasteiger partial charge in [0, 0.05) is 11.6 Å². The highest BCUT2D eigenvalue weighted by Gasteiger charge is 2.62. The van der Waals surface area contributed by atoms with Gasteiger partial charge >= 0.3 is 6.18 Å². The standard InChI is InChI=1S/C25H20F3NO4/c26-25(27,28)16-6-2-1-5-15(16)13-29-19-8-4-3-7-17(19)24(23(29)30)14-33-20-12-22-21(11-18(20)24)31-9-10-32-22/h1-8,11-12,18,20H,9-10,13-14H2. The molecule has 1 aliphatic carbocycles. The fraction of sp³-hybridized carbons (Fsp3) is 0.320. The molecule has 1 spiro atoms. The summed E-state index contributed by atoms with van der Waals surface area (Å²) in [7, 11) is 0. The van der Waals surface area contributed by atoms with Gasteiger partial charge in [-0.2, -0.15) is 13.2 Å². The zero-order chi connectivity index (χ0) is 22.8. The lowest BCUT2D eigenvalue weighted by atomic mass is 9.69. The second-order valence-corrected chi connectivity index (χ2v) is 8.59. The molecule has 3 aliphatic heterocycles. The van der Waals surface area contributed by atoms with Crippen molar-refractivity contribution in [3.63, 3.8) is 0 Å². The van der Waals surface area contributed by atoms with Gasteiger partial charge in [0.1, 0.15) is 18.6 Å². The van der Waals surface area contributed by atoms with E-state index in [2.05, 4.69) is 0 Å². The number of alkyl halides is 3. The van der Waals surface area contributed by atoms with Crippen LogP contribution in [-0.2, 0) is 37.1 Å². The Kier molecular flexibility index (Phi) is 4.39. The van der Waals surface area contributed by atoms with E-state index >= 15 is 0 Å². The molecule has 5 nitrogen and oxygen atoms in total. The Hall–Kier alpha value is -3.26. The summed E-state index contributed by atoms with van der Waals surface area (Å²) < 4.78 is 58.4. The lowest BCUT2D eigenvalue weighted by Gasteiger charge is -2.33. The summed E-state index contributed by atoms with van der Waals surface area (Å²) >= 11 is 0. The summed E-state index contributed by atoms with van der Waals surface area (Å²) in [5, 5.41) is 0. The van der Waals surface area contributed by atoms with Crippen molar-refractivity contribution < 1.29 is 32.2 Å². The molecule has 2 fully saturated rings. The van der Waals surface area contributed by atoms with Crippen molar-refractivity contribution in [1.29, 1.82) is 0 Å². The summed E-state index contributed by atoms with van der Waals surface area (Å²) in [5.74, 6) is 0.570. The lowest BCUT2D eigenvalue weighted by Crippen LogP contribution is -2.46. The summed E-state index contributed by atoms with van der Waals surface area (Å²) in [6.07, 6.45) is -1.17. The van der Waals surface area contributed by atoms with Crippen LogP contribution in [0.1, 0.15) is 16.7 Å². The normalized spacial score (nSPS) is 27.8. The van der Waals surface area contributed by atoms with Crippen molar-refractivity contribution in [2.45, 2.75) is 24.2 Å². The molecule has 8 heteroatoms. The number of rotatable bonds is 2. The predicted molar refractivity (Wildman–Crippen MR) is 112 cm³/mol. The van der Waals surface area contributed by atoms with E-state index in [-0.39, 0.29) is 36.6 Å². The monoisotopic (exact) mass is 455 g/mol. The lowest BCUT2D eigenvalue weighted by molar-refractivity contribution is -0.138. The van der Waals surface area contributed by atoms with E-state index in [0.29, 0.717) is 30.4 Å². The van der Waals surface area contributed by atoms with Crippen LogP contribution in [0.15, 0.2) is 72.2 Å². The number of fused-ring (bicyclic) bond motifs is 5. The van der Waals surface area contributed by atoms with Gasteiger partial charge in [-0.15, -0.1) is 0 Å². The first-order chi connectivity index (χ1) is 15.9. The van der Waals surface area contributed by atoms with Gasteiger partial charge in [-0.3, -0.25) is 4.79 Å². The van der Waals surface area contributed by atoms with Crippen molar-refractivity contribution in [1.82, 2.24) is 0 Å². The number of benzene rings is 2. The Bertz CT molecular complexity index is 1200. The minimum absolute atomic E-state index is 0.0499. The van der Waals surface area contributed by atoms with E-state index in [1.165, 1.54) is 17.0 Å². The largest absolute Gasteiger partial charge is 0.486 e. The molecule has 33 heavy (non-hydrogen) atoms. The average Bonchev–Trinajstić information content (AvgIpc) is 3.29. The number of hydrogen-bond donors (Lipinski definition) is 0. The van der Waals surface area contributed by atoms with Gasteiger partial charge in [0.25, 0.3) is 0 Å². The molecule has 3 unspecified atom stereocenters. The average molecular weight is 455 g/mol. The Morgan fingerprint density at radius 1 is 0.970 bits per heavy atom. The van der Waals surface area contributed by atoms with Crippen molar-refractivity contribution in [2.75, 3.05) is 24.7 Å². The molecule has 2 aromatic rings. The maximum absolute atomic E-state index is 14.0. The summed E-state index contributed by atoms with van der Waals surface area (Å²) in [6.45, 7) is 0.810.